The van der Waals surface area contributed by atoms with E-state index in [1.54, 1.807) is 26.0 Å². The van der Waals surface area contributed by atoms with E-state index in [0.717, 1.165) is 12.1 Å². The van der Waals surface area contributed by atoms with Gasteiger partial charge in [0.15, 0.2) is 0 Å². The predicted molar refractivity (Wildman–Crippen MR) is 72.6 cm³/mol. The van der Waals surface area contributed by atoms with Crippen molar-refractivity contribution in [1.29, 1.82) is 0 Å². The van der Waals surface area contributed by atoms with Crippen molar-refractivity contribution in [3.63, 3.8) is 0 Å². The number of nitrogens with two attached hydrogens (primary N) is 1. The Kier molecular flexibility index (Phi) is 3.29. The molecule has 0 radical (unpaired) electrons. The third-order valence-corrected chi connectivity index (χ3v) is 3.85. The largest absolute Gasteiger partial charge is 0.508 e. The zero-order valence-corrected chi connectivity index (χ0v) is 11.2. The lowest BCUT2D eigenvalue weighted by atomic mass is 9.63. The highest BCUT2D eigenvalue weighted by Crippen LogP contribution is 2.46. The highest BCUT2D eigenvalue weighted by molar-refractivity contribution is 5.88. The Bertz CT molecular complexity index is 636. The molecule has 2 atom stereocenters. The van der Waals surface area contributed by atoms with Crippen molar-refractivity contribution < 1.29 is 19.4 Å². The number of hydrogen-bond donors (Lipinski definition) is 3. The first-order valence-corrected chi connectivity index (χ1v) is 6.18. The number of allylic oxidation sites excluding steroid dienone is 2. The van der Waals surface area contributed by atoms with E-state index in [1.807, 2.05) is 0 Å². The van der Waals surface area contributed by atoms with Crippen molar-refractivity contribution in [1.82, 2.24) is 0 Å². The van der Waals surface area contributed by atoms with Crippen LogP contribution in [0, 0.1) is 11.7 Å². The molecule has 4 nitrogen and oxygen atoms in total. The first kappa shape index (κ1) is 14.1. The molecule has 0 spiro atoms. The van der Waals surface area contributed by atoms with E-state index >= 15 is 0 Å². The summed E-state index contributed by atoms with van der Waals surface area (Å²) in [6.07, 6.45) is 3.20. The maximum Gasteiger partial charge on any atom is 0.319 e. The molecule has 0 saturated heterocycles. The molecule has 0 bridgehead atoms. The minimum absolute atomic E-state index is 0.163. The van der Waals surface area contributed by atoms with Crippen LogP contribution < -0.4 is 5.73 Å². The number of phenols is 1. The van der Waals surface area contributed by atoms with Gasteiger partial charge in [-0.05, 0) is 24.6 Å². The molecule has 0 aliphatic heterocycles. The summed E-state index contributed by atoms with van der Waals surface area (Å²) in [5.41, 5.74) is 5.45. The number of carboxylic acid groups (broad SMARTS) is 1. The number of benzene rings is 1. The van der Waals surface area contributed by atoms with Gasteiger partial charge in [-0.25, -0.2) is 4.39 Å². The van der Waals surface area contributed by atoms with Crippen LogP contribution in [0.2, 0.25) is 0 Å². The van der Waals surface area contributed by atoms with Gasteiger partial charge in [-0.15, -0.1) is 0 Å². The Morgan fingerprint density at radius 1 is 1.45 bits per heavy atom. The van der Waals surface area contributed by atoms with Crippen molar-refractivity contribution in [2.75, 3.05) is 0 Å². The van der Waals surface area contributed by atoms with Gasteiger partial charge >= 0.3 is 5.97 Å². The molecule has 1 aromatic carbocycles. The molecule has 4 N–H and O–H groups in total. The fraction of sp³-hybridized carbons (Fsp3) is 0.267. The van der Waals surface area contributed by atoms with E-state index in [0.29, 0.717) is 11.3 Å². The lowest BCUT2D eigenvalue weighted by Gasteiger charge is -2.38. The Morgan fingerprint density at radius 3 is 2.60 bits per heavy atom. The van der Waals surface area contributed by atoms with E-state index < -0.39 is 23.1 Å². The van der Waals surface area contributed by atoms with Gasteiger partial charge < -0.3 is 15.9 Å². The molecule has 0 amide bonds. The quantitative estimate of drug-likeness (QED) is 0.774. The summed E-state index contributed by atoms with van der Waals surface area (Å²) in [5.74, 6) is -2.57. The summed E-state index contributed by atoms with van der Waals surface area (Å²) in [5, 5.41) is 19.7. The summed E-state index contributed by atoms with van der Waals surface area (Å²) in [6, 6.07) is 3.37. The number of halogens is 1. The molecule has 106 valence electrons. The van der Waals surface area contributed by atoms with Crippen molar-refractivity contribution in [2.24, 2.45) is 11.7 Å². The van der Waals surface area contributed by atoms with Gasteiger partial charge in [0, 0.05) is 23.2 Å². The molecule has 2 rings (SSSR count). The fourth-order valence-corrected chi connectivity index (χ4v) is 2.96. The smallest absolute Gasteiger partial charge is 0.319 e. The normalized spacial score (nSPS) is 25.9. The van der Waals surface area contributed by atoms with Gasteiger partial charge in [0.1, 0.15) is 17.0 Å². The van der Waals surface area contributed by atoms with Gasteiger partial charge in [0.05, 0.1) is 0 Å². The van der Waals surface area contributed by atoms with E-state index in [9.17, 15) is 19.4 Å². The third kappa shape index (κ3) is 1.86. The van der Waals surface area contributed by atoms with Crippen LogP contribution >= 0.6 is 0 Å². The average Bonchev–Trinajstić information content (AvgIpc) is 2.30. The van der Waals surface area contributed by atoms with Crippen LogP contribution in [0.5, 0.6) is 5.75 Å². The van der Waals surface area contributed by atoms with Crippen LogP contribution in [-0.4, -0.2) is 16.2 Å². The molecule has 5 heteroatoms. The summed E-state index contributed by atoms with van der Waals surface area (Å²) in [6.45, 7) is 3.35. The number of phenolic OH excluding ortho intramolecular Hbond substituents is 1. The van der Waals surface area contributed by atoms with Crippen LogP contribution in [0.1, 0.15) is 19.4 Å². The molecule has 0 aromatic heterocycles. The molecule has 1 aromatic rings. The van der Waals surface area contributed by atoms with Gasteiger partial charge in [-0.2, -0.15) is 0 Å². The molecule has 2 unspecified atom stereocenters. The number of carboxylic acids is 1. The standard InChI is InChI=1S/C15H16FNO3/c1-8-5-11(17)6-9(2)15(8,14(19)20)12-4-3-10(16)7-13(12)18/h3-8,18H,17H2,1-2H3,(H,19,20). The van der Waals surface area contributed by atoms with Crippen molar-refractivity contribution in [2.45, 2.75) is 19.3 Å². The van der Waals surface area contributed by atoms with Gasteiger partial charge in [-0.1, -0.05) is 19.1 Å². The number of carbonyl (C=O) groups is 1. The topological polar surface area (TPSA) is 83.6 Å². The molecule has 0 heterocycles. The molecule has 20 heavy (non-hydrogen) atoms. The Balaban J connectivity index is 2.75. The number of rotatable bonds is 2. The van der Waals surface area contributed by atoms with Crippen LogP contribution in [-0.2, 0) is 10.2 Å². The van der Waals surface area contributed by atoms with E-state index in [-0.39, 0.29) is 11.3 Å². The molecule has 1 aliphatic carbocycles. The number of hydrogen-bond acceptors (Lipinski definition) is 3. The Labute approximate surface area is 116 Å². The molecule has 1 aliphatic rings. The summed E-state index contributed by atoms with van der Waals surface area (Å²) in [4.78, 5) is 11.9. The summed E-state index contributed by atoms with van der Waals surface area (Å²) < 4.78 is 13.1. The lowest BCUT2D eigenvalue weighted by Crippen LogP contribution is -2.44. The minimum Gasteiger partial charge on any atom is -0.508 e. The van der Waals surface area contributed by atoms with Gasteiger partial charge in [0.25, 0.3) is 0 Å². The zero-order chi connectivity index (χ0) is 15.1. The second-order valence-electron chi connectivity index (χ2n) is 5.06. The van der Waals surface area contributed by atoms with Crippen molar-refractivity contribution in [3.05, 3.63) is 53.0 Å². The molecular formula is C15H16FNO3. The van der Waals surface area contributed by atoms with Crippen LogP contribution in [0.3, 0.4) is 0 Å². The highest BCUT2D eigenvalue weighted by atomic mass is 19.1. The zero-order valence-electron chi connectivity index (χ0n) is 11.2. The maximum absolute atomic E-state index is 13.1. The monoisotopic (exact) mass is 277 g/mol. The van der Waals surface area contributed by atoms with Gasteiger partial charge in [0.2, 0.25) is 0 Å². The molecule has 0 fully saturated rings. The Hall–Kier alpha value is -2.30. The summed E-state index contributed by atoms with van der Waals surface area (Å²) in [7, 11) is 0. The second kappa shape index (κ2) is 4.67. The average molecular weight is 277 g/mol. The highest BCUT2D eigenvalue weighted by Gasteiger charge is 2.49. The minimum atomic E-state index is -1.44. The lowest BCUT2D eigenvalue weighted by molar-refractivity contribution is -0.143. The number of aliphatic carboxylic acids is 1. The summed E-state index contributed by atoms with van der Waals surface area (Å²) >= 11 is 0. The first-order chi connectivity index (χ1) is 9.30. The second-order valence-corrected chi connectivity index (χ2v) is 5.06. The molecule has 0 saturated carbocycles. The van der Waals surface area contributed by atoms with E-state index in [4.69, 9.17) is 5.73 Å². The first-order valence-electron chi connectivity index (χ1n) is 6.18. The predicted octanol–water partition coefficient (Wildman–Crippen LogP) is 2.29. The molecular weight excluding hydrogens is 261 g/mol. The van der Waals surface area contributed by atoms with Crippen molar-refractivity contribution >= 4 is 5.97 Å². The van der Waals surface area contributed by atoms with Crippen LogP contribution in [0.25, 0.3) is 0 Å². The van der Waals surface area contributed by atoms with Crippen molar-refractivity contribution in [3.8, 4) is 5.75 Å². The maximum atomic E-state index is 13.1. The van der Waals surface area contributed by atoms with Crippen LogP contribution in [0.4, 0.5) is 4.39 Å². The fourth-order valence-electron chi connectivity index (χ4n) is 2.96. The Morgan fingerprint density at radius 2 is 2.10 bits per heavy atom. The van der Waals surface area contributed by atoms with Gasteiger partial charge in [-0.3, -0.25) is 4.79 Å². The van der Waals surface area contributed by atoms with Crippen LogP contribution in [0.15, 0.2) is 41.6 Å². The van der Waals surface area contributed by atoms with E-state index in [1.165, 1.54) is 6.07 Å². The van der Waals surface area contributed by atoms with E-state index in [2.05, 4.69) is 0 Å². The number of aromatic hydroxyl groups is 1. The third-order valence-electron chi connectivity index (χ3n) is 3.85. The SMILES string of the molecule is CC1=CC(N)=CC(C)C1(C(=O)O)c1ccc(F)cc1O.